The Morgan fingerprint density at radius 2 is 1.69 bits per heavy atom. The molecular formula is C19H29N5O2. The molecule has 0 aliphatic carbocycles. The number of nitrogens with zero attached hydrogens (tertiary/aromatic N) is 5. The topological polar surface area (TPSA) is 60.0 Å². The third-order valence-electron chi connectivity index (χ3n) is 5.57. The average Bonchev–Trinajstić information content (AvgIpc) is 2.68. The van der Waals surface area contributed by atoms with Crippen molar-refractivity contribution in [2.75, 3.05) is 59.9 Å². The van der Waals surface area contributed by atoms with Crippen LogP contribution in [0.5, 0.6) is 0 Å². The summed E-state index contributed by atoms with van der Waals surface area (Å²) >= 11 is 0. The van der Waals surface area contributed by atoms with Gasteiger partial charge in [0.2, 0.25) is 5.91 Å². The fourth-order valence-corrected chi connectivity index (χ4v) is 3.68. The fourth-order valence-electron chi connectivity index (χ4n) is 3.68. The van der Waals surface area contributed by atoms with Gasteiger partial charge in [-0.05, 0) is 32.0 Å². The number of hydrogen-bond acceptors (Lipinski definition) is 5. The molecule has 1 aromatic rings. The van der Waals surface area contributed by atoms with E-state index in [2.05, 4.69) is 21.8 Å². The largest absolute Gasteiger partial charge is 0.339 e. The number of piperazine rings is 1. The summed E-state index contributed by atoms with van der Waals surface area (Å²) in [6.07, 6.45) is 5.11. The first-order valence-electron chi connectivity index (χ1n) is 9.40. The van der Waals surface area contributed by atoms with Gasteiger partial charge in [0.25, 0.3) is 5.91 Å². The van der Waals surface area contributed by atoms with Crippen LogP contribution < -0.4 is 0 Å². The lowest BCUT2D eigenvalue weighted by molar-refractivity contribution is -0.134. The van der Waals surface area contributed by atoms with E-state index in [1.807, 2.05) is 16.8 Å². The zero-order valence-electron chi connectivity index (χ0n) is 15.8. The molecule has 2 fully saturated rings. The summed E-state index contributed by atoms with van der Waals surface area (Å²) in [5.41, 5.74) is 0.676. The summed E-state index contributed by atoms with van der Waals surface area (Å²) in [7, 11) is 3.97. The van der Waals surface area contributed by atoms with Crippen LogP contribution in [0.2, 0.25) is 0 Å². The maximum absolute atomic E-state index is 12.6. The molecule has 3 heterocycles. The molecule has 0 N–H and O–H groups in total. The summed E-state index contributed by atoms with van der Waals surface area (Å²) in [5.74, 6) is 0.275. The van der Waals surface area contributed by atoms with Crippen LogP contribution in [0.1, 0.15) is 23.2 Å². The van der Waals surface area contributed by atoms with Gasteiger partial charge in [-0.25, -0.2) is 0 Å². The average molecular weight is 359 g/mol. The summed E-state index contributed by atoms with van der Waals surface area (Å²) in [6.45, 7) is 5.78. The number of pyridine rings is 1. The molecule has 2 saturated heterocycles. The van der Waals surface area contributed by atoms with Crippen molar-refractivity contribution >= 4 is 11.8 Å². The van der Waals surface area contributed by atoms with Gasteiger partial charge in [-0.2, -0.15) is 0 Å². The molecule has 0 radical (unpaired) electrons. The van der Waals surface area contributed by atoms with E-state index < -0.39 is 0 Å². The Hall–Kier alpha value is -1.99. The molecule has 2 aliphatic rings. The van der Waals surface area contributed by atoms with E-state index in [0.29, 0.717) is 12.1 Å². The Morgan fingerprint density at radius 1 is 1.08 bits per heavy atom. The number of hydrogen-bond donors (Lipinski definition) is 0. The third kappa shape index (κ3) is 4.59. The monoisotopic (exact) mass is 359 g/mol. The van der Waals surface area contributed by atoms with E-state index in [1.165, 1.54) is 0 Å². The first kappa shape index (κ1) is 18.8. The van der Waals surface area contributed by atoms with E-state index in [4.69, 9.17) is 0 Å². The number of carbonyl (C=O) groups excluding carboxylic acids is 2. The normalized spacial score (nSPS) is 20.2. The van der Waals surface area contributed by atoms with Crippen molar-refractivity contribution in [1.29, 1.82) is 0 Å². The van der Waals surface area contributed by atoms with E-state index in [0.717, 1.165) is 52.1 Å². The second-order valence-corrected chi connectivity index (χ2v) is 7.34. The minimum absolute atomic E-state index is 0.0411. The molecule has 7 nitrogen and oxygen atoms in total. The molecule has 7 heteroatoms. The molecule has 0 bridgehead atoms. The van der Waals surface area contributed by atoms with E-state index in [-0.39, 0.29) is 17.9 Å². The summed E-state index contributed by atoms with van der Waals surface area (Å²) in [6, 6.07) is 3.73. The Bertz CT molecular complexity index is 608. The number of rotatable bonds is 4. The number of likely N-dealkylation sites (N-methyl/N-ethyl adjacent to an activating group) is 1. The predicted octanol–water partition coefficient (Wildman–Crippen LogP) is 0.392. The van der Waals surface area contributed by atoms with Crippen molar-refractivity contribution in [3.05, 3.63) is 30.1 Å². The highest BCUT2D eigenvalue weighted by Crippen LogP contribution is 2.17. The SMILES string of the molecule is CN1CCN(C(=O)CN2CCC(N(C)C(=O)c3ccncc3)CC2)CC1. The van der Waals surface area contributed by atoms with Gasteiger partial charge in [0.05, 0.1) is 6.54 Å². The number of amides is 2. The smallest absolute Gasteiger partial charge is 0.253 e. The quantitative estimate of drug-likeness (QED) is 0.778. The van der Waals surface area contributed by atoms with Crippen LogP contribution in [-0.2, 0) is 4.79 Å². The molecule has 0 saturated carbocycles. The molecule has 0 spiro atoms. The fraction of sp³-hybridized carbons (Fsp3) is 0.632. The van der Waals surface area contributed by atoms with Crippen LogP contribution in [0.4, 0.5) is 0 Å². The van der Waals surface area contributed by atoms with Gasteiger partial charge in [-0.1, -0.05) is 0 Å². The molecular weight excluding hydrogens is 330 g/mol. The zero-order valence-corrected chi connectivity index (χ0v) is 15.8. The Balaban J connectivity index is 1.45. The molecule has 142 valence electrons. The highest BCUT2D eigenvalue weighted by atomic mass is 16.2. The highest BCUT2D eigenvalue weighted by Gasteiger charge is 2.28. The second kappa shape index (κ2) is 8.60. The van der Waals surface area contributed by atoms with Crippen molar-refractivity contribution < 1.29 is 9.59 Å². The first-order valence-corrected chi connectivity index (χ1v) is 9.40. The molecule has 3 rings (SSSR count). The maximum Gasteiger partial charge on any atom is 0.253 e. The number of carbonyl (C=O) groups is 2. The van der Waals surface area contributed by atoms with Crippen molar-refractivity contribution in [2.45, 2.75) is 18.9 Å². The lowest BCUT2D eigenvalue weighted by Gasteiger charge is -2.38. The molecule has 0 unspecified atom stereocenters. The van der Waals surface area contributed by atoms with Crippen molar-refractivity contribution in [3.63, 3.8) is 0 Å². The van der Waals surface area contributed by atoms with Gasteiger partial charge in [-0.3, -0.25) is 19.5 Å². The van der Waals surface area contributed by atoms with Gasteiger partial charge in [0.1, 0.15) is 0 Å². The van der Waals surface area contributed by atoms with E-state index in [9.17, 15) is 9.59 Å². The molecule has 0 aromatic carbocycles. The minimum Gasteiger partial charge on any atom is -0.339 e. The standard InChI is InChI=1S/C19H29N5O2/c1-21-11-13-24(14-12-21)18(25)15-23-9-5-17(6-10-23)22(2)19(26)16-3-7-20-8-4-16/h3-4,7-8,17H,5-6,9-15H2,1-2H3. The molecule has 26 heavy (non-hydrogen) atoms. The maximum atomic E-state index is 12.6. The van der Waals surface area contributed by atoms with Gasteiger partial charge in [0.15, 0.2) is 0 Å². The van der Waals surface area contributed by atoms with Crippen LogP contribution in [0, 0.1) is 0 Å². The van der Waals surface area contributed by atoms with Crippen LogP contribution in [0.3, 0.4) is 0 Å². The lowest BCUT2D eigenvalue weighted by atomic mass is 10.0. The van der Waals surface area contributed by atoms with Gasteiger partial charge in [-0.15, -0.1) is 0 Å². The zero-order chi connectivity index (χ0) is 18.5. The number of piperidine rings is 1. The van der Waals surface area contributed by atoms with Crippen molar-refractivity contribution in [1.82, 2.24) is 24.6 Å². The summed E-state index contributed by atoms with van der Waals surface area (Å²) in [5, 5.41) is 0. The minimum atomic E-state index is 0.0411. The predicted molar refractivity (Wildman–Crippen MR) is 99.9 cm³/mol. The van der Waals surface area contributed by atoms with E-state index in [1.54, 1.807) is 24.5 Å². The Morgan fingerprint density at radius 3 is 2.31 bits per heavy atom. The van der Waals surface area contributed by atoms with Crippen LogP contribution in [0.25, 0.3) is 0 Å². The van der Waals surface area contributed by atoms with Crippen molar-refractivity contribution in [2.24, 2.45) is 0 Å². The van der Waals surface area contributed by atoms with Gasteiger partial charge < -0.3 is 14.7 Å². The van der Waals surface area contributed by atoms with Crippen LogP contribution in [0.15, 0.2) is 24.5 Å². The number of aromatic nitrogens is 1. The van der Waals surface area contributed by atoms with Gasteiger partial charge in [0, 0.05) is 70.3 Å². The molecule has 2 amide bonds. The third-order valence-corrected chi connectivity index (χ3v) is 5.57. The van der Waals surface area contributed by atoms with Crippen LogP contribution >= 0.6 is 0 Å². The molecule has 0 atom stereocenters. The second-order valence-electron chi connectivity index (χ2n) is 7.34. The van der Waals surface area contributed by atoms with Crippen molar-refractivity contribution in [3.8, 4) is 0 Å². The Kier molecular flexibility index (Phi) is 6.21. The lowest BCUT2D eigenvalue weighted by Crippen LogP contribution is -2.52. The van der Waals surface area contributed by atoms with E-state index >= 15 is 0 Å². The number of likely N-dealkylation sites (tertiary alicyclic amines) is 1. The first-order chi connectivity index (χ1) is 12.5. The van der Waals surface area contributed by atoms with Gasteiger partial charge >= 0.3 is 0 Å². The Labute approximate surface area is 155 Å². The highest BCUT2D eigenvalue weighted by molar-refractivity contribution is 5.94. The summed E-state index contributed by atoms with van der Waals surface area (Å²) in [4.78, 5) is 37.3. The molecule has 2 aliphatic heterocycles. The summed E-state index contributed by atoms with van der Waals surface area (Å²) < 4.78 is 0. The van der Waals surface area contributed by atoms with Crippen LogP contribution in [-0.4, -0.2) is 102 Å². The molecule has 1 aromatic heterocycles.